The maximum absolute atomic E-state index is 11.9. The number of amides is 1. The number of hydrogen-bond donors (Lipinski definition) is 2. The molecular weight excluding hydrogens is 207 g/mol. The number of carbonyl (C=O) groups is 1. The molecule has 0 aromatic heterocycles. The number of hydrogen-bond acceptors (Lipinski definition) is 5. The predicted molar refractivity (Wildman–Crippen MR) is 52.7 cm³/mol. The fraction of sp³-hybridized carbons (Fsp3) is 0.857. The molecule has 6 nitrogen and oxygen atoms in total. The van der Waals surface area contributed by atoms with Crippen LogP contribution in [0.4, 0.5) is 0 Å². The summed E-state index contributed by atoms with van der Waals surface area (Å²) in [5, 5.41) is 2.28. The Hall–Kier alpha value is -0.420. The fourth-order valence-corrected chi connectivity index (χ4v) is 2.30. The Bertz CT molecular complexity index is 224. The Morgan fingerprint density at radius 1 is 1.43 bits per heavy atom. The zero-order chi connectivity index (χ0) is 11.2. The van der Waals surface area contributed by atoms with Gasteiger partial charge in [0.25, 0.3) is 0 Å². The van der Waals surface area contributed by atoms with Crippen LogP contribution < -0.4 is 11.1 Å². The Kier molecular flexibility index (Phi) is 5.95. The van der Waals surface area contributed by atoms with E-state index in [0.29, 0.717) is 0 Å². The molecule has 0 aliphatic heterocycles. The molecule has 7 heteroatoms. The normalized spacial score (nSPS) is 13.7. The summed E-state index contributed by atoms with van der Waals surface area (Å²) in [4.78, 5) is 10.7. The summed E-state index contributed by atoms with van der Waals surface area (Å²) in [6.07, 6.45) is 0. The summed E-state index contributed by atoms with van der Waals surface area (Å²) in [7, 11) is -3.42. The van der Waals surface area contributed by atoms with Crippen LogP contribution in [-0.2, 0) is 18.4 Å². The van der Waals surface area contributed by atoms with Crippen molar-refractivity contribution in [2.75, 3.05) is 13.2 Å². The quantitative estimate of drug-likeness (QED) is 0.510. The maximum Gasteiger partial charge on any atom is 0.367 e. The van der Waals surface area contributed by atoms with Crippen molar-refractivity contribution in [3.8, 4) is 0 Å². The van der Waals surface area contributed by atoms with Crippen molar-refractivity contribution in [2.45, 2.75) is 26.7 Å². The van der Waals surface area contributed by atoms with Crippen molar-refractivity contribution in [2.24, 2.45) is 5.73 Å². The van der Waals surface area contributed by atoms with Gasteiger partial charge >= 0.3 is 7.60 Å². The molecule has 0 saturated heterocycles. The Morgan fingerprint density at radius 2 is 1.86 bits per heavy atom. The van der Waals surface area contributed by atoms with Crippen molar-refractivity contribution < 1.29 is 18.4 Å². The molecule has 0 rings (SSSR count). The van der Waals surface area contributed by atoms with Crippen LogP contribution >= 0.6 is 7.60 Å². The van der Waals surface area contributed by atoms with E-state index in [1.165, 1.54) is 6.92 Å². The maximum atomic E-state index is 11.9. The van der Waals surface area contributed by atoms with Crippen LogP contribution in [0.2, 0.25) is 0 Å². The molecule has 0 fully saturated rings. The Labute approximate surface area is 83.7 Å². The van der Waals surface area contributed by atoms with Gasteiger partial charge in [0.1, 0.15) is 0 Å². The zero-order valence-electron chi connectivity index (χ0n) is 8.65. The van der Waals surface area contributed by atoms with Gasteiger partial charge in [0, 0.05) is 6.92 Å². The average molecular weight is 224 g/mol. The lowest BCUT2D eigenvalue weighted by Crippen LogP contribution is -2.41. The van der Waals surface area contributed by atoms with Gasteiger partial charge in [-0.2, -0.15) is 0 Å². The van der Waals surface area contributed by atoms with Crippen LogP contribution in [0.25, 0.3) is 0 Å². The smallest absolute Gasteiger partial charge is 0.331 e. The second-order valence-corrected chi connectivity index (χ2v) is 4.67. The molecule has 84 valence electrons. The van der Waals surface area contributed by atoms with Crippen molar-refractivity contribution in [1.82, 2.24) is 5.32 Å². The fourth-order valence-electron chi connectivity index (χ4n) is 0.845. The standard InChI is InChI=1S/C7H17N2O4P/c1-4-12-14(11,13-5-2)7(8)9-6(3)10/h7H,4-5,8H2,1-3H3,(H,9,10). The molecular formula is C7H17N2O4P. The highest BCUT2D eigenvalue weighted by atomic mass is 31.2. The molecule has 0 aliphatic rings. The van der Waals surface area contributed by atoms with Gasteiger partial charge in [0.2, 0.25) is 5.91 Å². The second kappa shape index (κ2) is 6.14. The first-order chi connectivity index (χ1) is 6.46. The van der Waals surface area contributed by atoms with Crippen LogP contribution in [-0.4, -0.2) is 25.0 Å². The van der Waals surface area contributed by atoms with Crippen molar-refractivity contribution in [1.29, 1.82) is 0 Å². The lowest BCUT2D eigenvalue weighted by atomic mass is 10.7. The second-order valence-electron chi connectivity index (χ2n) is 2.52. The molecule has 0 aromatic carbocycles. The van der Waals surface area contributed by atoms with Crippen LogP contribution in [0.1, 0.15) is 20.8 Å². The Morgan fingerprint density at radius 3 is 2.14 bits per heavy atom. The lowest BCUT2D eigenvalue weighted by molar-refractivity contribution is -0.119. The molecule has 3 N–H and O–H groups in total. The third-order valence-corrected chi connectivity index (χ3v) is 3.36. The van der Waals surface area contributed by atoms with Gasteiger partial charge in [0.15, 0.2) is 5.91 Å². The lowest BCUT2D eigenvalue weighted by Gasteiger charge is -2.23. The highest BCUT2D eigenvalue weighted by Gasteiger charge is 2.33. The SMILES string of the molecule is CCOP(=O)(OCC)C(N)NC(C)=O. The third-order valence-electron chi connectivity index (χ3n) is 1.31. The minimum absolute atomic E-state index is 0.213. The largest absolute Gasteiger partial charge is 0.367 e. The van der Waals surface area contributed by atoms with E-state index in [1.54, 1.807) is 13.8 Å². The van der Waals surface area contributed by atoms with Gasteiger partial charge in [-0.25, -0.2) is 0 Å². The molecule has 14 heavy (non-hydrogen) atoms. The highest BCUT2D eigenvalue weighted by molar-refractivity contribution is 7.54. The van der Waals surface area contributed by atoms with E-state index < -0.39 is 13.5 Å². The molecule has 1 unspecified atom stereocenters. The van der Waals surface area contributed by atoms with Gasteiger partial charge in [-0.05, 0) is 13.8 Å². The molecule has 0 aromatic rings. The zero-order valence-corrected chi connectivity index (χ0v) is 9.54. The number of nitrogens with two attached hydrogens (primary N) is 1. The van der Waals surface area contributed by atoms with Crippen LogP contribution in [0.5, 0.6) is 0 Å². The minimum atomic E-state index is -3.42. The minimum Gasteiger partial charge on any atom is -0.331 e. The number of nitrogens with one attached hydrogen (secondary N) is 1. The van der Waals surface area contributed by atoms with Crippen molar-refractivity contribution in [3.05, 3.63) is 0 Å². The predicted octanol–water partition coefficient (Wildman–Crippen LogP) is 0.631. The van der Waals surface area contributed by atoms with Gasteiger partial charge in [0.05, 0.1) is 13.2 Å². The first-order valence-corrected chi connectivity index (χ1v) is 5.99. The molecule has 0 heterocycles. The van der Waals surface area contributed by atoms with Crippen LogP contribution in [0, 0.1) is 0 Å². The van der Waals surface area contributed by atoms with Gasteiger partial charge in [-0.3, -0.25) is 9.36 Å². The summed E-state index contributed by atoms with van der Waals surface area (Å²) in [5.41, 5.74) is 5.48. The van der Waals surface area contributed by atoms with Crippen molar-refractivity contribution >= 4 is 13.5 Å². The molecule has 0 spiro atoms. The molecule has 0 saturated carbocycles. The molecule has 1 atom stereocenters. The van der Waals surface area contributed by atoms with Gasteiger partial charge < -0.3 is 20.1 Å². The van der Waals surface area contributed by atoms with Crippen LogP contribution in [0.15, 0.2) is 0 Å². The topological polar surface area (TPSA) is 90.7 Å². The molecule has 0 radical (unpaired) electrons. The molecule has 0 aliphatic carbocycles. The van der Waals surface area contributed by atoms with E-state index in [9.17, 15) is 9.36 Å². The summed E-state index contributed by atoms with van der Waals surface area (Å²) >= 11 is 0. The van der Waals surface area contributed by atoms with E-state index in [1.807, 2.05) is 0 Å². The summed E-state index contributed by atoms with van der Waals surface area (Å²) in [5.74, 6) is -1.49. The molecule has 1 amide bonds. The Balaban J connectivity index is 4.46. The summed E-state index contributed by atoms with van der Waals surface area (Å²) in [6.45, 7) is 5.05. The monoisotopic (exact) mass is 224 g/mol. The van der Waals surface area contributed by atoms with Crippen LogP contribution in [0.3, 0.4) is 0 Å². The van der Waals surface area contributed by atoms with E-state index in [0.717, 1.165) is 0 Å². The number of carbonyl (C=O) groups excluding carboxylic acids is 1. The van der Waals surface area contributed by atoms with Gasteiger partial charge in [-0.15, -0.1) is 0 Å². The number of rotatable bonds is 6. The first-order valence-electron chi connectivity index (χ1n) is 4.37. The van der Waals surface area contributed by atoms with Gasteiger partial charge in [-0.1, -0.05) is 0 Å². The average Bonchev–Trinajstić information content (AvgIpc) is 2.03. The van der Waals surface area contributed by atoms with E-state index in [2.05, 4.69) is 5.32 Å². The highest BCUT2D eigenvalue weighted by Crippen LogP contribution is 2.49. The van der Waals surface area contributed by atoms with E-state index >= 15 is 0 Å². The summed E-state index contributed by atoms with van der Waals surface area (Å²) in [6, 6.07) is 0. The summed E-state index contributed by atoms with van der Waals surface area (Å²) < 4.78 is 21.7. The third kappa shape index (κ3) is 4.19. The van der Waals surface area contributed by atoms with E-state index in [4.69, 9.17) is 14.8 Å². The molecule has 0 bridgehead atoms. The van der Waals surface area contributed by atoms with Crippen molar-refractivity contribution in [3.63, 3.8) is 0 Å². The van der Waals surface area contributed by atoms with E-state index in [-0.39, 0.29) is 19.1 Å². The first kappa shape index (κ1) is 13.6.